The van der Waals surface area contributed by atoms with E-state index in [4.69, 9.17) is 9.84 Å². The number of ether oxygens (including phenoxy) is 1. The maximum atomic E-state index is 12.7. The van der Waals surface area contributed by atoms with Crippen molar-refractivity contribution in [2.24, 2.45) is 11.0 Å². The first-order chi connectivity index (χ1) is 13.9. The van der Waals surface area contributed by atoms with Crippen LogP contribution in [0.4, 0.5) is 4.79 Å². The van der Waals surface area contributed by atoms with Crippen LogP contribution in [-0.4, -0.2) is 53.7 Å². The van der Waals surface area contributed by atoms with Gasteiger partial charge in [0.2, 0.25) is 0 Å². The summed E-state index contributed by atoms with van der Waals surface area (Å²) in [6.45, 7) is 4.45. The molecule has 1 aromatic rings. The van der Waals surface area contributed by atoms with E-state index < -0.39 is 0 Å². The predicted molar refractivity (Wildman–Crippen MR) is 114 cm³/mol. The molecule has 0 aromatic heterocycles. The zero-order chi connectivity index (χ0) is 20.5. The number of carbonyl (C=O) groups is 2. The zero-order valence-electron chi connectivity index (χ0n) is 17.5. The summed E-state index contributed by atoms with van der Waals surface area (Å²) in [5.41, 5.74) is 5.65. The highest BCUT2D eigenvalue weighted by atomic mass is 16.5. The summed E-state index contributed by atoms with van der Waals surface area (Å²) in [7, 11) is 1.83. The molecule has 3 aliphatic rings. The number of hydrazone groups is 1. The Balaban J connectivity index is 0.00000256. The molecule has 0 spiro atoms. The van der Waals surface area contributed by atoms with Crippen molar-refractivity contribution in [1.29, 1.82) is 0 Å². The van der Waals surface area contributed by atoms with Gasteiger partial charge in [0.25, 0.3) is 0 Å². The molecule has 0 bridgehead atoms. The van der Waals surface area contributed by atoms with Crippen LogP contribution in [0, 0.1) is 12.8 Å². The van der Waals surface area contributed by atoms with Crippen molar-refractivity contribution in [1.82, 2.24) is 9.91 Å². The maximum absolute atomic E-state index is 12.7. The lowest BCUT2D eigenvalue weighted by atomic mass is 9.78. The number of nitrogens with zero attached hydrogens (tertiary/aromatic N) is 3. The lowest BCUT2D eigenvalue weighted by Gasteiger charge is -2.34. The number of hydrogen-bond donors (Lipinski definition) is 0. The second kappa shape index (κ2) is 8.11. The SMILES string of the molecule is CC(=O)COC1CCCC2=C3CN(C)C(=O)N3N=C(c3ccc(C)cc3)C2CC1.[HH]. The van der Waals surface area contributed by atoms with Gasteiger partial charge in [0.1, 0.15) is 6.61 Å². The minimum absolute atomic E-state index is 0. The fourth-order valence-electron chi connectivity index (χ4n) is 4.55. The first-order valence-electron chi connectivity index (χ1n) is 10.5. The Hall–Kier alpha value is -2.47. The first kappa shape index (κ1) is 19.8. The van der Waals surface area contributed by atoms with Crippen molar-refractivity contribution in [3.05, 3.63) is 46.7 Å². The fraction of sp³-hybridized carbons (Fsp3) is 0.522. The van der Waals surface area contributed by atoms with E-state index in [9.17, 15) is 9.59 Å². The molecule has 1 saturated carbocycles. The molecule has 2 amide bonds. The molecule has 156 valence electrons. The van der Waals surface area contributed by atoms with E-state index in [0.717, 1.165) is 49.1 Å². The highest BCUT2D eigenvalue weighted by Gasteiger charge is 2.40. The van der Waals surface area contributed by atoms with Gasteiger partial charge in [-0.1, -0.05) is 29.8 Å². The van der Waals surface area contributed by atoms with Crippen molar-refractivity contribution < 1.29 is 15.8 Å². The number of carbonyl (C=O) groups excluding carboxylic acids is 2. The number of Topliss-reactive ketones (excluding diaryl/α,β-unsaturated/α-hetero) is 1. The van der Waals surface area contributed by atoms with Gasteiger partial charge in [0.05, 0.1) is 24.1 Å². The van der Waals surface area contributed by atoms with Gasteiger partial charge in [-0.15, -0.1) is 0 Å². The Labute approximate surface area is 173 Å². The van der Waals surface area contributed by atoms with Crippen LogP contribution in [0.25, 0.3) is 0 Å². The minimum atomic E-state index is -0.0553. The molecule has 6 heteroatoms. The number of fused-ring (bicyclic) bond motifs is 2. The molecule has 2 heterocycles. The Morgan fingerprint density at radius 1 is 1.24 bits per heavy atom. The van der Waals surface area contributed by atoms with Crippen LogP contribution in [-0.2, 0) is 9.53 Å². The van der Waals surface area contributed by atoms with Crippen LogP contribution in [0.3, 0.4) is 0 Å². The second-order valence-electron chi connectivity index (χ2n) is 8.43. The third-order valence-electron chi connectivity index (χ3n) is 6.10. The highest BCUT2D eigenvalue weighted by Crippen LogP contribution is 2.40. The highest BCUT2D eigenvalue weighted by molar-refractivity contribution is 6.05. The summed E-state index contributed by atoms with van der Waals surface area (Å²) in [5, 5.41) is 6.45. The average Bonchev–Trinajstić information content (AvgIpc) is 2.95. The molecule has 2 fully saturated rings. The molecule has 1 saturated heterocycles. The molecule has 2 unspecified atom stereocenters. The number of allylic oxidation sites excluding steroid dienone is 1. The van der Waals surface area contributed by atoms with Gasteiger partial charge in [-0.25, -0.2) is 4.79 Å². The molecule has 0 N–H and O–H groups in total. The molecule has 2 aliphatic heterocycles. The molecule has 0 radical (unpaired) electrons. The number of benzene rings is 1. The van der Waals surface area contributed by atoms with E-state index in [-0.39, 0.29) is 31.9 Å². The van der Waals surface area contributed by atoms with Crippen LogP contribution >= 0.6 is 0 Å². The number of aryl methyl sites for hydroxylation is 1. The number of urea groups is 1. The summed E-state index contributed by atoms with van der Waals surface area (Å²) in [6, 6.07) is 8.33. The van der Waals surface area contributed by atoms with Crippen molar-refractivity contribution in [2.75, 3.05) is 20.2 Å². The van der Waals surface area contributed by atoms with E-state index in [1.807, 2.05) is 7.05 Å². The van der Waals surface area contributed by atoms with Crippen molar-refractivity contribution in [3.63, 3.8) is 0 Å². The number of ketones is 1. The third-order valence-corrected chi connectivity index (χ3v) is 6.10. The smallest absolute Gasteiger partial charge is 0.345 e. The molecular weight excluding hydrogens is 366 g/mol. The first-order valence-corrected chi connectivity index (χ1v) is 10.5. The minimum Gasteiger partial charge on any atom is -0.370 e. The Kier molecular flexibility index (Phi) is 5.54. The van der Waals surface area contributed by atoms with Gasteiger partial charge in [-0.2, -0.15) is 10.1 Å². The van der Waals surface area contributed by atoms with Crippen LogP contribution in [0.1, 0.15) is 51.6 Å². The standard InChI is InChI=1S/C23H29N3O3.H2/c1-15-7-9-17(10-8-15)22-20-12-11-18(29-14-16(2)27)5-4-6-19(20)21-13-25(3)23(28)26(21)24-22;/h7-10,18,20H,4-6,11-14H2,1-3H3;1H. The third kappa shape index (κ3) is 3.99. The topological polar surface area (TPSA) is 62.2 Å². The normalized spacial score (nSPS) is 24.7. The Morgan fingerprint density at radius 3 is 2.72 bits per heavy atom. The number of amides is 2. The Morgan fingerprint density at radius 2 is 2.00 bits per heavy atom. The van der Waals surface area contributed by atoms with Gasteiger partial charge in [-0.05, 0) is 57.1 Å². The summed E-state index contributed by atoms with van der Waals surface area (Å²) in [4.78, 5) is 25.7. The van der Waals surface area contributed by atoms with Crippen molar-refractivity contribution in [3.8, 4) is 0 Å². The van der Waals surface area contributed by atoms with Gasteiger partial charge in [0.15, 0.2) is 5.78 Å². The maximum Gasteiger partial charge on any atom is 0.345 e. The molecule has 6 nitrogen and oxygen atoms in total. The van der Waals surface area contributed by atoms with Crippen LogP contribution in [0.2, 0.25) is 0 Å². The van der Waals surface area contributed by atoms with Crippen molar-refractivity contribution >= 4 is 17.5 Å². The summed E-state index contributed by atoms with van der Waals surface area (Å²) >= 11 is 0. The van der Waals surface area contributed by atoms with Crippen LogP contribution in [0.15, 0.2) is 40.6 Å². The molecule has 4 rings (SSSR count). The molecule has 2 atom stereocenters. The summed E-state index contributed by atoms with van der Waals surface area (Å²) in [6.07, 6.45) is 4.78. The Bertz CT molecular complexity index is 878. The van der Waals surface area contributed by atoms with E-state index in [1.54, 1.807) is 16.8 Å². The fourth-order valence-corrected chi connectivity index (χ4v) is 4.55. The predicted octanol–water partition coefficient (Wildman–Crippen LogP) is 4.13. The zero-order valence-corrected chi connectivity index (χ0v) is 17.5. The van der Waals surface area contributed by atoms with E-state index in [1.165, 1.54) is 11.1 Å². The lowest BCUT2D eigenvalue weighted by Crippen LogP contribution is -2.34. The number of likely N-dealkylation sites (N-methyl/N-ethyl adjacent to an activating group) is 1. The van der Waals surface area contributed by atoms with E-state index in [2.05, 4.69) is 31.2 Å². The van der Waals surface area contributed by atoms with Gasteiger partial charge in [0, 0.05) is 14.4 Å². The monoisotopic (exact) mass is 397 g/mol. The molecule has 29 heavy (non-hydrogen) atoms. The summed E-state index contributed by atoms with van der Waals surface area (Å²) in [5.74, 6) is 0.254. The molecule has 1 aromatic carbocycles. The van der Waals surface area contributed by atoms with Gasteiger partial charge >= 0.3 is 6.03 Å². The second-order valence-corrected chi connectivity index (χ2v) is 8.43. The van der Waals surface area contributed by atoms with Crippen LogP contribution < -0.4 is 0 Å². The van der Waals surface area contributed by atoms with Crippen molar-refractivity contribution in [2.45, 2.75) is 52.1 Å². The average molecular weight is 398 g/mol. The van der Waals surface area contributed by atoms with E-state index in [0.29, 0.717) is 6.54 Å². The van der Waals surface area contributed by atoms with Gasteiger partial charge < -0.3 is 9.64 Å². The quantitative estimate of drug-likeness (QED) is 0.767. The van der Waals surface area contributed by atoms with Crippen LogP contribution in [0.5, 0.6) is 0 Å². The summed E-state index contributed by atoms with van der Waals surface area (Å²) < 4.78 is 5.86. The number of hydrogen-bond acceptors (Lipinski definition) is 4. The molecule has 1 aliphatic carbocycles. The van der Waals surface area contributed by atoms with Gasteiger partial charge in [-0.3, -0.25) is 4.79 Å². The number of rotatable bonds is 4. The molecular formula is C23H31N3O3. The largest absolute Gasteiger partial charge is 0.370 e. The lowest BCUT2D eigenvalue weighted by molar-refractivity contribution is -0.123. The van der Waals surface area contributed by atoms with E-state index >= 15 is 0 Å².